The molecule has 124 valence electrons. The first-order chi connectivity index (χ1) is 10.8. The van der Waals surface area contributed by atoms with Gasteiger partial charge in [0, 0.05) is 26.8 Å². The molecule has 0 radical (unpaired) electrons. The van der Waals surface area contributed by atoms with Gasteiger partial charge in [-0.1, -0.05) is 29.3 Å². The molecule has 2 rings (SSSR count). The van der Waals surface area contributed by atoms with Crippen LogP contribution in [0.5, 0.6) is 11.6 Å². The van der Waals surface area contributed by atoms with Gasteiger partial charge in [-0.15, -0.1) is 0 Å². The first-order valence-corrected chi connectivity index (χ1v) is 7.83. The minimum Gasteiger partial charge on any atom is -0.503 e. The Labute approximate surface area is 144 Å². The van der Waals surface area contributed by atoms with Crippen molar-refractivity contribution >= 4 is 29.1 Å². The topological polar surface area (TPSA) is 65.7 Å². The van der Waals surface area contributed by atoms with Crippen LogP contribution in [0, 0.1) is 0 Å². The van der Waals surface area contributed by atoms with Gasteiger partial charge in [0.25, 0.3) is 5.91 Å². The Balaban J connectivity index is 1.93. The SMILES string of the molecule is CN(CCCc1ccc(Cl)c(Cl)c1)C(=O)c1cn(C)c(O)c1O. The van der Waals surface area contributed by atoms with Crippen molar-refractivity contribution in [2.75, 3.05) is 13.6 Å². The van der Waals surface area contributed by atoms with Gasteiger partial charge in [0.05, 0.1) is 10.0 Å². The third-order valence-electron chi connectivity index (χ3n) is 3.64. The van der Waals surface area contributed by atoms with E-state index < -0.39 is 5.75 Å². The molecule has 2 aromatic rings. The van der Waals surface area contributed by atoms with Gasteiger partial charge in [-0.25, -0.2) is 0 Å². The van der Waals surface area contributed by atoms with Gasteiger partial charge in [0.15, 0.2) is 5.75 Å². The number of carbonyl (C=O) groups excluding carboxylic acids is 1. The minimum absolute atomic E-state index is 0.0852. The lowest BCUT2D eigenvalue weighted by atomic mass is 10.1. The summed E-state index contributed by atoms with van der Waals surface area (Å²) in [6.45, 7) is 0.508. The Morgan fingerprint density at radius 2 is 1.96 bits per heavy atom. The highest BCUT2D eigenvalue weighted by atomic mass is 35.5. The average Bonchev–Trinajstić information content (AvgIpc) is 2.77. The minimum atomic E-state index is -0.395. The highest BCUT2D eigenvalue weighted by molar-refractivity contribution is 6.42. The molecule has 1 heterocycles. The maximum Gasteiger partial charge on any atom is 0.259 e. The molecule has 0 fully saturated rings. The molecular formula is C16H18Cl2N2O3. The molecule has 0 unspecified atom stereocenters. The Bertz CT molecular complexity index is 728. The largest absolute Gasteiger partial charge is 0.503 e. The quantitative estimate of drug-likeness (QED) is 0.862. The molecule has 7 heteroatoms. The number of halogens is 2. The molecule has 0 saturated carbocycles. The fourth-order valence-electron chi connectivity index (χ4n) is 2.28. The predicted molar refractivity (Wildman–Crippen MR) is 90.5 cm³/mol. The van der Waals surface area contributed by atoms with Gasteiger partial charge in [-0.2, -0.15) is 0 Å². The molecule has 0 atom stereocenters. The number of aryl methyl sites for hydroxylation is 2. The Kier molecular flexibility index (Phi) is 5.44. The van der Waals surface area contributed by atoms with Crippen molar-refractivity contribution in [3.63, 3.8) is 0 Å². The van der Waals surface area contributed by atoms with E-state index in [4.69, 9.17) is 23.2 Å². The third-order valence-corrected chi connectivity index (χ3v) is 4.38. The van der Waals surface area contributed by atoms with Gasteiger partial charge in [-0.3, -0.25) is 4.79 Å². The predicted octanol–water partition coefficient (Wildman–Crippen LogP) is 3.45. The van der Waals surface area contributed by atoms with E-state index >= 15 is 0 Å². The van der Waals surface area contributed by atoms with Crippen LogP contribution in [0.15, 0.2) is 24.4 Å². The van der Waals surface area contributed by atoms with Gasteiger partial charge in [0.1, 0.15) is 5.56 Å². The first-order valence-electron chi connectivity index (χ1n) is 7.08. The Morgan fingerprint density at radius 1 is 1.26 bits per heavy atom. The van der Waals surface area contributed by atoms with Crippen molar-refractivity contribution in [1.82, 2.24) is 9.47 Å². The Hall–Kier alpha value is -1.85. The van der Waals surface area contributed by atoms with E-state index in [0.29, 0.717) is 16.6 Å². The van der Waals surface area contributed by atoms with Gasteiger partial charge in [-0.05, 0) is 30.5 Å². The Morgan fingerprint density at radius 3 is 2.52 bits per heavy atom. The normalized spacial score (nSPS) is 10.8. The summed E-state index contributed by atoms with van der Waals surface area (Å²) in [7, 11) is 3.21. The van der Waals surface area contributed by atoms with Crippen LogP contribution < -0.4 is 0 Å². The molecule has 0 aliphatic heterocycles. The van der Waals surface area contributed by atoms with Gasteiger partial charge < -0.3 is 19.7 Å². The molecule has 0 aliphatic carbocycles. The van der Waals surface area contributed by atoms with Crippen molar-refractivity contribution in [2.24, 2.45) is 7.05 Å². The van der Waals surface area contributed by atoms with E-state index in [1.165, 1.54) is 15.7 Å². The number of hydrogen-bond donors (Lipinski definition) is 2. The number of amides is 1. The molecular weight excluding hydrogens is 339 g/mol. The molecule has 1 amide bonds. The monoisotopic (exact) mass is 356 g/mol. The number of hydrogen-bond acceptors (Lipinski definition) is 3. The van der Waals surface area contributed by atoms with Crippen molar-refractivity contribution < 1.29 is 15.0 Å². The summed E-state index contributed by atoms with van der Waals surface area (Å²) in [5.74, 6) is -1.06. The molecule has 0 spiro atoms. The molecule has 0 bridgehead atoms. The summed E-state index contributed by atoms with van der Waals surface area (Å²) >= 11 is 11.8. The molecule has 2 N–H and O–H groups in total. The lowest BCUT2D eigenvalue weighted by Crippen LogP contribution is -2.27. The van der Waals surface area contributed by atoms with Crippen molar-refractivity contribution in [2.45, 2.75) is 12.8 Å². The lowest BCUT2D eigenvalue weighted by molar-refractivity contribution is 0.0790. The zero-order valence-electron chi connectivity index (χ0n) is 12.9. The number of aromatic hydroxyl groups is 2. The summed E-state index contributed by atoms with van der Waals surface area (Å²) < 4.78 is 1.30. The summed E-state index contributed by atoms with van der Waals surface area (Å²) in [5.41, 5.74) is 1.13. The lowest BCUT2D eigenvalue weighted by Gasteiger charge is -2.16. The summed E-state index contributed by atoms with van der Waals surface area (Å²) in [6.07, 6.45) is 2.89. The van der Waals surface area contributed by atoms with Crippen LogP contribution in [0.3, 0.4) is 0 Å². The third kappa shape index (κ3) is 3.92. The van der Waals surface area contributed by atoms with E-state index in [2.05, 4.69) is 0 Å². The molecule has 1 aromatic heterocycles. The van der Waals surface area contributed by atoms with Crippen LogP contribution in [-0.4, -0.2) is 39.2 Å². The standard InChI is InChI=1S/C16H18Cl2N2O3/c1-19(15(22)11-9-20(2)16(23)14(11)21)7-3-4-10-5-6-12(17)13(18)8-10/h5-6,8-9,21,23H,3-4,7H2,1-2H3. The van der Waals surface area contributed by atoms with Gasteiger partial charge in [0.2, 0.25) is 5.88 Å². The molecule has 1 aromatic carbocycles. The van der Waals surface area contributed by atoms with Crippen LogP contribution in [0.2, 0.25) is 10.0 Å². The van der Waals surface area contributed by atoms with Crippen LogP contribution in [0.25, 0.3) is 0 Å². The van der Waals surface area contributed by atoms with Crippen LogP contribution >= 0.6 is 23.2 Å². The molecule has 0 saturated heterocycles. The van der Waals surface area contributed by atoms with E-state index in [0.717, 1.165) is 18.4 Å². The number of aromatic nitrogens is 1. The second kappa shape index (κ2) is 7.15. The van der Waals surface area contributed by atoms with Gasteiger partial charge >= 0.3 is 0 Å². The summed E-state index contributed by atoms with van der Waals surface area (Å²) in [4.78, 5) is 13.8. The van der Waals surface area contributed by atoms with Crippen molar-refractivity contribution in [1.29, 1.82) is 0 Å². The second-order valence-electron chi connectivity index (χ2n) is 5.40. The van der Waals surface area contributed by atoms with Crippen LogP contribution in [-0.2, 0) is 13.5 Å². The number of benzene rings is 1. The highest BCUT2D eigenvalue weighted by Crippen LogP contribution is 2.30. The van der Waals surface area contributed by atoms with E-state index in [9.17, 15) is 15.0 Å². The van der Waals surface area contributed by atoms with E-state index in [1.54, 1.807) is 20.2 Å². The first kappa shape index (κ1) is 17.5. The zero-order chi connectivity index (χ0) is 17.1. The zero-order valence-corrected chi connectivity index (χ0v) is 14.4. The number of carbonyl (C=O) groups is 1. The fourth-order valence-corrected chi connectivity index (χ4v) is 2.60. The highest BCUT2D eigenvalue weighted by Gasteiger charge is 2.21. The summed E-state index contributed by atoms with van der Waals surface area (Å²) in [6, 6.07) is 5.46. The molecule has 5 nitrogen and oxygen atoms in total. The average molecular weight is 357 g/mol. The molecule has 0 aliphatic rings. The number of rotatable bonds is 5. The van der Waals surface area contributed by atoms with E-state index in [-0.39, 0.29) is 17.4 Å². The maximum atomic E-state index is 12.3. The summed E-state index contributed by atoms with van der Waals surface area (Å²) in [5, 5.41) is 20.3. The van der Waals surface area contributed by atoms with Crippen LogP contribution in [0.1, 0.15) is 22.3 Å². The van der Waals surface area contributed by atoms with Crippen LogP contribution in [0.4, 0.5) is 0 Å². The fraction of sp³-hybridized carbons (Fsp3) is 0.312. The van der Waals surface area contributed by atoms with E-state index in [1.807, 2.05) is 12.1 Å². The maximum absolute atomic E-state index is 12.3. The smallest absolute Gasteiger partial charge is 0.259 e. The number of nitrogens with zero attached hydrogens (tertiary/aromatic N) is 2. The molecule has 23 heavy (non-hydrogen) atoms. The second-order valence-corrected chi connectivity index (χ2v) is 6.22. The van der Waals surface area contributed by atoms with Crippen molar-refractivity contribution in [3.8, 4) is 11.6 Å². The van der Waals surface area contributed by atoms with Crippen molar-refractivity contribution in [3.05, 3.63) is 45.6 Å².